The summed E-state index contributed by atoms with van der Waals surface area (Å²) < 4.78 is 27.4. The second-order valence-electron chi connectivity index (χ2n) is 5.75. The highest BCUT2D eigenvalue weighted by Gasteiger charge is 2.28. The molecule has 21 heavy (non-hydrogen) atoms. The van der Waals surface area contributed by atoms with Gasteiger partial charge in [0.1, 0.15) is 0 Å². The van der Waals surface area contributed by atoms with E-state index in [1.165, 1.54) is 0 Å². The Morgan fingerprint density at radius 3 is 2.29 bits per heavy atom. The van der Waals surface area contributed by atoms with E-state index in [-0.39, 0.29) is 16.9 Å². The first kappa shape index (κ1) is 16.0. The van der Waals surface area contributed by atoms with E-state index in [9.17, 15) is 13.2 Å². The van der Waals surface area contributed by atoms with E-state index in [1.807, 2.05) is 13.8 Å². The van der Waals surface area contributed by atoms with Crippen LogP contribution in [0.2, 0.25) is 0 Å². The van der Waals surface area contributed by atoms with Crippen molar-refractivity contribution in [3.8, 4) is 0 Å². The van der Waals surface area contributed by atoms with Gasteiger partial charge in [-0.25, -0.2) is 13.1 Å². The molecule has 0 saturated heterocycles. The number of aryl methyl sites for hydroxylation is 2. The van der Waals surface area contributed by atoms with Crippen LogP contribution in [0, 0.1) is 19.8 Å². The second-order valence-corrected chi connectivity index (χ2v) is 7.47. The van der Waals surface area contributed by atoms with Gasteiger partial charge in [-0.3, -0.25) is 4.79 Å². The van der Waals surface area contributed by atoms with Crippen LogP contribution in [0.1, 0.15) is 36.8 Å². The van der Waals surface area contributed by atoms with Gasteiger partial charge in [0, 0.05) is 6.04 Å². The number of aliphatic carboxylic acids is 1. The van der Waals surface area contributed by atoms with Gasteiger partial charge in [0.05, 0.1) is 10.8 Å². The number of nitrogens with one attached hydrogen (secondary N) is 1. The molecule has 1 aliphatic carbocycles. The molecule has 0 aromatic heterocycles. The molecule has 5 nitrogen and oxygen atoms in total. The smallest absolute Gasteiger partial charge is 0.306 e. The maximum absolute atomic E-state index is 12.4. The minimum Gasteiger partial charge on any atom is -0.481 e. The minimum absolute atomic E-state index is 0.174. The van der Waals surface area contributed by atoms with E-state index in [4.69, 9.17) is 5.11 Å². The minimum atomic E-state index is -3.53. The summed E-state index contributed by atoms with van der Waals surface area (Å²) >= 11 is 0. The number of sulfonamides is 1. The fourth-order valence-corrected chi connectivity index (χ4v) is 4.02. The standard InChI is InChI=1S/C15H21NO4S/c1-10-3-8-14(9-11(10)2)21(19,20)16-13-6-4-12(5-7-13)15(17)18/h3,8-9,12-13,16H,4-7H2,1-2H3,(H,17,18). The molecule has 1 aromatic rings. The third-order valence-corrected chi connectivity index (χ3v) is 5.71. The van der Waals surface area contributed by atoms with Crippen molar-refractivity contribution in [2.45, 2.75) is 50.5 Å². The van der Waals surface area contributed by atoms with Crippen LogP contribution in [-0.2, 0) is 14.8 Å². The van der Waals surface area contributed by atoms with Crippen LogP contribution in [0.15, 0.2) is 23.1 Å². The van der Waals surface area contributed by atoms with Crippen LogP contribution in [0.5, 0.6) is 0 Å². The third-order valence-electron chi connectivity index (χ3n) is 4.19. The summed E-state index contributed by atoms with van der Waals surface area (Å²) in [6, 6.07) is 4.89. The van der Waals surface area contributed by atoms with Crippen molar-refractivity contribution < 1.29 is 18.3 Å². The van der Waals surface area contributed by atoms with Gasteiger partial charge in [0.25, 0.3) is 0 Å². The number of benzene rings is 1. The molecular formula is C15H21NO4S. The number of carboxylic acid groups (broad SMARTS) is 1. The van der Waals surface area contributed by atoms with Gasteiger partial charge in [-0.15, -0.1) is 0 Å². The molecule has 1 fully saturated rings. The Labute approximate surface area is 125 Å². The van der Waals surface area contributed by atoms with Crippen LogP contribution < -0.4 is 4.72 Å². The quantitative estimate of drug-likeness (QED) is 0.893. The summed E-state index contributed by atoms with van der Waals surface area (Å²) in [5, 5.41) is 8.95. The highest BCUT2D eigenvalue weighted by molar-refractivity contribution is 7.89. The Hall–Kier alpha value is -1.40. The molecule has 0 amide bonds. The van der Waals surface area contributed by atoms with Crippen LogP contribution in [0.25, 0.3) is 0 Å². The maximum atomic E-state index is 12.4. The summed E-state index contributed by atoms with van der Waals surface area (Å²) in [6.45, 7) is 3.82. The lowest BCUT2D eigenvalue weighted by molar-refractivity contribution is -0.142. The summed E-state index contributed by atoms with van der Waals surface area (Å²) in [7, 11) is -3.53. The number of hydrogen-bond donors (Lipinski definition) is 2. The molecule has 0 radical (unpaired) electrons. The average Bonchev–Trinajstić information content (AvgIpc) is 2.42. The zero-order valence-corrected chi connectivity index (χ0v) is 13.1. The van der Waals surface area contributed by atoms with Crippen molar-refractivity contribution in [3.63, 3.8) is 0 Å². The van der Waals surface area contributed by atoms with Crippen LogP contribution >= 0.6 is 0 Å². The first-order valence-electron chi connectivity index (χ1n) is 7.12. The number of hydrogen-bond acceptors (Lipinski definition) is 3. The topological polar surface area (TPSA) is 83.5 Å². The number of carboxylic acids is 1. The fourth-order valence-electron chi connectivity index (χ4n) is 2.63. The summed E-state index contributed by atoms with van der Waals surface area (Å²) in [4.78, 5) is 11.2. The molecule has 1 saturated carbocycles. The monoisotopic (exact) mass is 311 g/mol. The normalized spacial score (nSPS) is 23.0. The predicted octanol–water partition coefficient (Wildman–Crippen LogP) is 2.23. The molecule has 1 aliphatic rings. The van der Waals surface area contributed by atoms with E-state index in [1.54, 1.807) is 18.2 Å². The number of rotatable bonds is 4. The summed E-state index contributed by atoms with van der Waals surface area (Å²) in [5.74, 6) is -1.13. The Morgan fingerprint density at radius 1 is 1.14 bits per heavy atom. The van der Waals surface area contributed by atoms with Crippen molar-refractivity contribution in [3.05, 3.63) is 29.3 Å². The molecule has 0 aliphatic heterocycles. The zero-order chi connectivity index (χ0) is 15.6. The van der Waals surface area contributed by atoms with E-state index >= 15 is 0 Å². The van der Waals surface area contributed by atoms with Crippen molar-refractivity contribution in [2.24, 2.45) is 5.92 Å². The zero-order valence-electron chi connectivity index (χ0n) is 12.3. The van der Waals surface area contributed by atoms with Gasteiger partial charge < -0.3 is 5.11 Å². The SMILES string of the molecule is Cc1ccc(S(=O)(=O)NC2CCC(C(=O)O)CC2)cc1C. The summed E-state index contributed by atoms with van der Waals surface area (Å²) in [5.41, 5.74) is 1.99. The molecule has 2 rings (SSSR count). The molecule has 0 atom stereocenters. The predicted molar refractivity (Wildman–Crippen MR) is 79.6 cm³/mol. The molecule has 0 bridgehead atoms. The van der Waals surface area contributed by atoms with Gasteiger partial charge in [-0.1, -0.05) is 6.07 Å². The van der Waals surface area contributed by atoms with Crippen LogP contribution in [0.3, 0.4) is 0 Å². The molecule has 6 heteroatoms. The molecule has 0 heterocycles. The lowest BCUT2D eigenvalue weighted by atomic mass is 9.87. The van der Waals surface area contributed by atoms with Crippen molar-refractivity contribution in [1.29, 1.82) is 0 Å². The van der Waals surface area contributed by atoms with Crippen molar-refractivity contribution >= 4 is 16.0 Å². The van der Waals surface area contributed by atoms with Gasteiger partial charge >= 0.3 is 5.97 Å². The molecular weight excluding hydrogens is 290 g/mol. The lowest BCUT2D eigenvalue weighted by Gasteiger charge is -2.26. The highest BCUT2D eigenvalue weighted by atomic mass is 32.2. The van der Waals surface area contributed by atoms with Crippen molar-refractivity contribution in [2.75, 3.05) is 0 Å². The van der Waals surface area contributed by atoms with Gasteiger partial charge in [0.2, 0.25) is 10.0 Å². The molecule has 116 valence electrons. The van der Waals surface area contributed by atoms with Gasteiger partial charge in [-0.05, 0) is 62.8 Å². The third kappa shape index (κ3) is 3.83. The molecule has 2 N–H and O–H groups in total. The Kier molecular flexibility index (Phi) is 4.68. The Bertz CT molecular complexity index is 631. The Morgan fingerprint density at radius 2 is 1.76 bits per heavy atom. The molecule has 1 aromatic carbocycles. The van der Waals surface area contributed by atoms with E-state index < -0.39 is 16.0 Å². The molecule has 0 spiro atoms. The van der Waals surface area contributed by atoms with Crippen LogP contribution in [0.4, 0.5) is 0 Å². The highest BCUT2D eigenvalue weighted by Crippen LogP contribution is 2.26. The first-order valence-corrected chi connectivity index (χ1v) is 8.60. The van der Waals surface area contributed by atoms with Gasteiger partial charge in [-0.2, -0.15) is 0 Å². The van der Waals surface area contributed by atoms with E-state index in [0.717, 1.165) is 11.1 Å². The second kappa shape index (κ2) is 6.15. The lowest BCUT2D eigenvalue weighted by Crippen LogP contribution is -2.38. The first-order chi connectivity index (χ1) is 9.79. The van der Waals surface area contributed by atoms with Gasteiger partial charge in [0.15, 0.2) is 0 Å². The molecule has 0 unspecified atom stereocenters. The van der Waals surface area contributed by atoms with E-state index in [2.05, 4.69) is 4.72 Å². The summed E-state index contributed by atoms with van der Waals surface area (Å²) in [6.07, 6.45) is 2.19. The largest absolute Gasteiger partial charge is 0.481 e. The average molecular weight is 311 g/mol. The fraction of sp³-hybridized carbons (Fsp3) is 0.533. The van der Waals surface area contributed by atoms with Crippen LogP contribution in [-0.4, -0.2) is 25.5 Å². The number of carbonyl (C=O) groups is 1. The maximum Gasteiger partial charge on any atom is 0.306 e. The Balaban J connectivity index is 2.05. The van der Waals surface area contributed by atoms with E-state index in [0.29, 0.717) is 25.7 Å². The van der Waals surface area contributed by atoms with Crippen molar-refractivity contribution in [1.82, 2.24) is 4.72 Å².